The second-order valence-electron chi connectivity index (χ2n) is 7.21. The SMILES string of the molecule is NCc1ccc(C2=NN=CC3CCC4NC(=O)CC4CCC23)cc1. The lowest BCUT2D eigenvalue weighted by molar-refractivity contribution is -0.119. The van der Waals surface area contributed by atoms with Crippen molar-refractivity contribution in [2.75, 3.05) is 0 Å². The summed E-state index contributed by atoms with van der Waals surface area (Å²) < 4.78 is 0. The van der Waals surface area contributed by atoms with Crippen LogP contribution in [0.1, 0.15) is 43.2 Å². The van der Waals surface area contributed by atoms with Gasteiger partial charge < -0.3 is 11.1 Å². The van der Waals surface area contributed by atoms with Crippen LogP contribution in [0.4, 0.5) is 0 Å². The molecule has 4 atom stereocenters. The van der Waals surface area contributed by atoms with Crippen LogP contribution in [0.5, 0.6) is 0 Å². The van der Waals surface area contributed by atoms with E-state index >= 15 is 0 Å². The maximum Gasteiger partial charge on any atom is 0.220 e. The molecule has 2 heterocycles. The highest BCUT2D eigenvalue weighted by Crippen LogP contribution is 2.37. The Morgan fingerprint density at radius 3 is 2.75 bits per heavy atom. The Balaban J connectivity index is 1.57. The molecule has 24 heavy (non-hydrogen) atoms. The summed E-state index contributed by atoms with van der Waals surface area (Å²) in [4.78, 5) is 11.7. The fourth-order valence-electron chi connectivity index (χ4n) is 4.41. The van der Waals surface area contributed by atoms with E-state index < -0.39 is 0 Å². The van der Waals surface area contributed by atoms with E-state index in [9.17, 15) is 4.79 Å². The summed E-state index contributed by atoms with van der Waals surface area (Å²) in [6.07, 6.45) is 6.97. The predicted octanol–water partition coefficient (Wildman–Crippen LogP) is 2.24. The van der Waals surface area contributed by atoms with Gasteiger partial charge in [-0.05, 0) is 42.7 Å². The minimum Gasteiger partial charge on any atom is -0.353 e. The van der Waals surface area contributed by atoms with Gasteiger partial charge in [-0.3, -0.25) is 4.79 Å². The molecular weight excluding hydrogens is 300 g/mol. The second-order valence-corrected chi connectivity index (χ2v) is 7.21. The van der Waals surface area contributed by atoms with Gasteiger partial charge in [0.25, 0.3) is 0 Å². The Morgan fingerprint density at radius 2 is 1.96 bits per heavy atom. The molecule has 3 N–H and O–H groups in total. The van der Waals surface area contributed by atoms with Gasteiger partial charge in [-0.25, -0.2) is 0 Å². The van der Waals surface area contributed by atoms with Crippen LogP contribution >= 0.6 is 0 Å². The lowest BCUT2D eigenvalue weighted by Crippen LogP contribution is -2.36. The van der Waals surface area contributed by atoms with Crippen LogP contribution in [0.3, 0.4) is 0 Å². The van der Waals surface area contributed by atoms with Crippen molar-refractivity contribution in [2.24, 2.45) is 33.7 Å². The predicted molar refractivity (Wildman–Crippen MR) is 94.8 cm³/mol. The first-order valence-corrected chi connectivity index (χ1v) is 8.94. The van der Waals surface area contributed by atoms with E-state index in [2.05, 4.69) is 39.8 Å². The molecule has 5 heteroatoms. The molecule has 1 amide bonds. The third kappa shape index (κ3) is 2.88. The molecule has 126 valence electrons. The molecule has 1 saturated carbocycles. The van der Waals surface area contributed by atoms with Crippen molar-refractivity contribution in [1.29, 1.82) is 0 Å². The van der Waals surface area contributed by atoms with Gasteiger partial charge in [-0.1, -0.05) is 24.3 Å². The zero-order valence-electron chi connectivity index (χ0n) is 13.8. The van der Waals surface area contributed by atoms with Crippen molar-refractivity contribution in [3.63, 3.8) is 0 Å². The molecule has 1 saturated heterocycles. The number of nitrogens with two attached hydrogens (primary N) is 1. The Hall–Kier alpha value is -2.01. The number of nitrogens with one attached hydrogen (secondary N) is 1. The Morgan fingerprint density at radius 1 is 1.12 bits per heavy atom. The normalized spacial score (nSPS) is 32.2. The molecule has 1 aliphatic carbocycles. The van der Waals surface area contributed by atoms with Crippen molar-refractivity contribution >= 4 is 17.8 Å². The molecule has 0 aromatic heterocycles. The number of benzene rings is 1. The van der Waals surface area contributed by atoms with E-state index in [0.29, 0.717) is 36.8 Å². The number of amides is 1. The molecule has 0 bridgehead atoms. The summed E-state index contributed by atoms with van der Waals surface area (Å²) in [6, 6.07) is 8.73. The summed E-state index contributed by atoms with van der Waals surface area (Å²) >= 11 is 0. The van der Waals surface area contributed by atoms with Crippen molar-refractivity contribution in [1.82, 2.24) is 5.32 Å². The first kappa shape index (κ1) is 15.5. The smallest absolute Gasteiger partial charge is 0.220 e. The lowest BCUT2D eigenvalue weighted by atomic mass is 9.74. The average molecular weight is 324 g/mol. The van der Waals surface area contributed by atoms with Crippen molar-refractivity contribution in [3.8, 4) is 0 Å². The molecule has 2 aliphatic heterocycles. The molecule has 2 fully saturated rings. The monoisotopic (exact) mass is 324 g/mol. The first-order chi connectivity index (χ1) is 11.7. The van der Waals surface area contributed by atoms with Crippen LogP contribution in [0.2, 0.25) is 0 Å². The zero-order valence-corrected chi connectivity index (χ0v) is 13.8. The molecule has 0 radical (unpaired) electrons. The van der Waals surface area contributed by atoms with Gasteiger partial charge in [-0.2, -0.15) is 10.2 Å². The van der Waals surface area contributed by atoms with Crippen LogP contribution in [0.25, 0.3) is 0 Å². The van der Waals surface area contributed by atoms with Crippen LogP contribution < -0.4 is 11.1 Å². The number of carbonyl (C=O) groups is 1. The Labute approximate surface area is 142 Å². The van der Waals surface area contributed by atoms with E-state index in [1.54, 1.807) is 0 Å². The Bertz CT molecular complexity index is 679. The summed E-state index contributed by atoms with van der Waals surface area (Å²) in [5.41, 5.74) is 9.08. The van der Waals surface area contributed by atoms with E-state index in [-0.39, 0.29) is 5.91 Å². The van der Waals surface area contributed by atoms with Crippen LogP contribution in [-0.2, 0) is 11.3 Å². The van der Waals surface area contributed by atoms with Crippen molar-refractivity contribution in [3.05, 3.63) is 35.4 Å². The van der Waals surface area contributed by atoms with Gasteiger partial charge in [-0.15, -0.1) is 0 Å². The van der Waals surface area contributed by atoms with Gasteiger partial charge >= 0.3 is 0 Å². The Kier molecular flexibility index (Phi) is 4.19. The number of nitrogens with zero attached hydrogens (tertiary/aromatic N) is 2. The fraction of sp³-hybridized carbons (Fsp3) is 0.526. The summed E-state index contributed by atoms with van der Waals surface area (Å²) in [7, 11) is 0. The number of hydrogen-bond acceptors (Lipinski definition) is 4. The topological polar surface area (TPSA) is 79.8 Å². The van der Waals surface area contributed by atoms with Crippen LogP contribution in [-0.4, -0.2) is 23.9 Å². The van der Waals surface area contributed by atoms with Gasteiger partial charge in [0.15, 0.2) is 0 Å². The molecule has 5 nitrogen and oxygen atoms in total. The highest BCUT2D eigenvalue weighted by molar-refractivity contribution is 6.04. The van der Waals surface area contributed by atoms with Crippen molar-refractivity contribution in [2.45, 2.75) is 44.7 Å². The standard InChI is InChI=1S/C19H24N4O/c20-10-12-1-3-13(4-2-12)19-16-7-5-14-9-18(24)22-17(14)8-6-15(16)11-21-23-19/h1-4,11,14-17H,5-10,20H2,(H,22,24). The first-order valence-electron chi connectivity index (χ1n) is 8.94. The molecule has 4 rings (SSSR count). The maximum atomic E-state index is 11.7. The zero-order chi connectivity index (χ0) is 16.5. The van der Waals surface area contributed by atoms with E-state index in [4.69, 9.17) is 5.73 Å². The largest absolute Gasteiger partial charge is 0.353 e. The maximum absolute atomic E-state index is 11.7. The van der Waals surface area contributed by atoms with Crippen LogP contribution in [0, 0.1) is 17.8 Å². The average Bonchev–Trinajstić information content (AvgIpc) is 2.95. The summed E-state index contributed by atoms with van der Waals surface area (Å²) in [6.45, 7) is 0.557. The molecule has 3 aliphatic rings. The number of carbonyl (C=O) groups excluding carboxylic acids is 1. The molecule has 1 aromatic carbocycles. The molecule has 0 spiro atoms. The number of fused-ring (bicyclic) bond motifs is 2. The summed E-state index contributed by atoms with van der Waals surface area (Å²) in [5, 5.41) is 11.9. The van der Waals surface area contributed by atoms with Crippen molar-refractivity contribution < 1.29 is 4.79 Å². The third-order valence-electron chi connectivity index (χ3n) is 5.80. The van der Waals surface area contributed by atoms with Gasteiger partial charge in [0.05, 0.1) is 5.71 Å². The molecular formula is C19H24N4O. The van der Waals surface area contributed by atoms with E-state index in [1.807, 2.05) is 6.21 Å². The van der Waals surface area contributed by atoms with Gasteiger partial charge in [0.1, 0.15) is 0 Å². The van der Waals surface area contributed by atoms with E-state index in [0.717, 1.165) is 42.5 Å². The number of rotatable bonds is 2. The highest BCUT2D eigenvalue weighted by Gasteiger charge is 2.38. The summed E-state index contributed by atoms with van der Waals surface area (Å²) in [5.74, 6) is 1.53. The molecule has 4 unspecified atom stereocenters. The van der Waals surface area contributed by atoms with Gasteiger partial charge in [0, 0.05) is 37.1 Å². The second kappa shape index (κ2) is 6.48. The fourth-order valence-corrected chi connectivity index (χ4v) is 4.41. The minimum absolute atomic E-state index is 0.217. The lowest BCUT2D eigenvalue weighted by Gasteiger charge is -2.33. The highest BCUT2D eigenvalue weighted by atomic mass is 16.2. The van der Waals surface area contributed by atoms with Gasteiger partial charge in [0.2, 0.25) is 5.91 Å². The third-order valence-corrected chi connectivity index (χ3v) is 5.80. The van der Waals surface area contributed by atoms with Crippen LogP contribution in [0.15, 0.2) is 34.5 Å². The number of hydrogen-bond donors (Lipinski definition) is 2. The van der Waals surface area contributed by atoms with E-state index in [1.165, 1.54) is 0 Å². The quantitative estimate of drug-likeness (QED) is 0.875. The minimum atomic E-state index is 0.217. The molecule has 1 aromatic rings.